The SMILES string of the molecule is NCC(CO)(CC1CC2CCC1C2)c1cc(F)cc(F)c1. The zero-order chi connectivity index (χ0) is 15.0. The molecule has 4 atom stereocenters. The molecule has 0 amide bonds. The highest BCUT2D eigenvalue weighted by Gasteiger charge is 2.44. The number of rotatable bonds is 5. The fraction of sp³-hybridized carbons (Fsp3) is 0.647. The van der Waals surface area contributed by atoms with Crippen LogP contribution in [0.25, 0.3) is 0 Å². The molecular weight excluding hydrogens is 272 g/mol. The van der Waals surface area contributed by atoms with Crippen LogP contribution >= 0.6 is 0 Å². The van der Waals surface area contributed by atoms with Gasteiger partial charge < -0.3 is 10.8 Å². The average Bonchev–Trinajstić information content (AvgIpc) is 3.06. The normalized spacial score (nSPS) is 30.6. The molecule has 4 heteroatoms. The van der Waals surface area contributed by atoms with Crippen molar-refractivity contribution in [2.24, 2.45) is 23.5 Å². The first kappa shape index (κ1) is 14.9. The molecular formula is C17H23F2NO. The third-order valence-electron chi connectivity index (χ3n) is 5.71. The number of hydrogen-bond donors (Lipinski definition) is 2. The van der Waals surface area contributed by atoms with Gasteiger partial charge >= 0.3 is 0 Å². The minimum absolute atomic E-state index is 0.166. The lowest BCUT2D eigenvalue weighted by molar-refractivity contribution is 0.149. The van der Waals surface area contributed by atoms with Crippen LogP contribution in [-0.4, -0.2) is 18.3 Å². The molecule has 2 aliphatic rings. The van der Waals surface area contributed by atoms with Gasteiger partial charge in [0, 0.05) is 18.0 Å². The first-order valence-electron chi connectivity index (χ1n) is 7.84. The summed E-state index contributed by atoms with van der Waals surface area (Å²) in [6.07, 6.45) is 5.73. The maximum Gasteiger partial charge on any atom is 0.126 e. The number of aliphatic hydroxyl groups excluding tert-OH is 1. The van der Waals surface area contributed by atoms with E-state index in [2.05, 4.69) is 0 Å². The van der Waals surface area contributed by atoms with Gasteiger partial charge in [0.05, 0.1) is 6.61 Å². The van der Waals surface area contributed by atoms with Gasteiger partial charge in [-0.2, -0.15) is 0 Å². The minimum Gasteiger partial charge on any atom is -0.395 e. The Morgan fingerprint density at radius 3 is 2.33 bits per heavy atom. The van der Waals surface area contributed by atoms with Gasteiger partial charge in [-0.25, -0.2) is 8.78 Å². The van der Waals surface area contributed by atoms with Crippen LogP contribution in [-0.2, 0) is 5.41 Å². The van der Waals surface area contributed by atoms with E-state index in [0.717, 1.165) is 18.4 Å². The molecule has 1 aromatic carbocycles. The summed E-state index contributed by atoms with van der Waals surface area (Å²) in [6, 6.07) is 3.50. The van der Waals surface area contributed by atoms with Crippen molar-refractivity contribution < 1.29 is 13.9 Å². The second-order valence-electron chi connectivity index (χ2n) is 6.94. The highest BCUT2D eigenvalue weighted by molar-refractivity contribution is 5.28. The van der Waals surface area contributed by atoms with Gasteiger partial charge in [0.25, 0.3) is 0 Å². The van der Waals surface area contributed by atoms with Crippen LogP contribution in [0.3, 0.4) is 0 Å². The first-order valence-corrected chi connectivity index (χ1v) is 7.84. The van der Waals surface area contributed by atoms with E-state index in [0.29, 0.717) is 17.4 Å². The second kappa shape index (κ2) is 5.65. The van der Waals surface area contributed by atoms with Crippen molar-refractivity contribution in [3.05, 3.63) is 35.4 Å². The molecule has 4 unspecified atom stereocenters. The molecule has 0 saturated heterocycles. The first-order chi connectivity index (χ1) is 10.1. The predicted molar refractivity (Wildman–Crippen MR) is 77.7 cm³/mol. The summed E-state index contributed by atoms with van der Waals surface area (Å²) in [4.78, 5) is 0. The lowest BCUT2D eigenvalue weighted by Gasteiger charge is -2.36. The van der Waals surface area contributed by atoms with E-state index in [4.69, 9.17) is 5.73 Å². The summed E-state index contributed by atoms with van der Waals surface area (Å²) in [6.45, 7) is 0.0422. The van der Waals surface area contributed by atoms with Crippen molar-refractivity contribution in [2.45, 2.75) is 37.5 Å². The fourth-order valence-electron chi connectivity index (χ4n) is 4.53. The summed E-state index contributed by atoms with van der Waals surface area (Å²) in [5, 5.41) is 9.92. The van der Waals surface area contributed by atoms with Crippen LogP contribution in [0.5, 0.6) is 0 Å². The van der Waals surface area contributed by atoms with E-state index < -0.39 is 17.0 Å². The van der Waals surface area contributed by atoms with Gasteiger partial charge in [-0.1, -0.05) is 6.42 Å². The molecule has 2 nitrogen and oxygen atoms in total. The molecule has 0 aromatic heterocycles. The smallest absolute Gasteiger partial charge is 0.126 e. The highest BCUT2D eigenvalue weighted by atomic mass is 19.1. The topological polar surface area (TPSA) is 46.2 Å². The van der Waals surface area contributed by atoms with Gasteiger partial charge in [0.15, 0.2) is 0 Å². The number of benzene rings is 1. The fourth-order valence-corrected chi connectivity index (χ4v) is 4.53. The molecule has 0 aliphatic heterocycles. The summed E-state index contributed by atoms with van der Waals surface area (Å²) < 4.78 is 27.1. The van der Waals surface area contributed by atoms with Crippen molar-refractivity contribution in [1.29, 1.82) is 0 Å². The van der Waals surface area contributed by atoms with Crippen LogP contribution in [0.15, 0.2) is 18.2 Å². The summed E-state index contributed by atoms with van der Waals surface area (Å²) in [5.74, 6) is 0.809. The van der Waals surface area contributed by atoms with Gasteiger partial charge in [0.1, 0.15) is 11.6 Å². The second-order valence-corrected chi connectivity index (χ2v) is 6.94. The highest BCUT2D eigenvalue weighted by Crippen LogP contribution is 2.52. The Bertz CT molecular complexity index is 495. The van der Waals surface area contributed by atoms with E-state index in [1.807, 2.05) is 0 Å². The molecule has 2 aliphatic carbocycles. The third kappa shape index (κ3) is 2.71. The van der Waals surface area contributed by atoms with Gasteiger partial charge in [-0.05, 0) is 61.1 Å². The molecule has 1 aromatic rings. The lowest BCUT2D eigenvalue weighted by atomic mass is 9.70. The summed E-state index contributed by atoms with van der Waals surface area (Å²) in [5.41, 5.74) is 5.69. The average molecular weight is 295 g/mol. The number of fused-ring (bicyclic) bond motifs is 2. The van der Waals surface area contributed by atoms with Gasteiger partial charge in [-0.15, -0.1) is 0 Å². The Balaban J connectivity index is 1.88. The van der Waals surface area contributed by atoms with E-state index >= 15 is 0 Å². The third-order valence-corrected chi connectivity index (χ3v) is 5.71. The van der Waals surface area contributed by atoms with Crippen LogP contribution in [0.1, 0.15) is 37.7 Å². The van der Waals surface area contributed by atoms with Crippen molar-refractivity contribution in [3.63, 3.8) is 0 Å². The maximum atomic E-state index is 13.5. The Labute approximate surface area is 124 Å². The quantitative estimate of drug-likeness (QED) is 0.877. The van der Waals surface area contributed by atoms with Gasteiger partial charge in [-0.3, -0.25) is 0 Å². The van der Waals surface area contributed by atoms with E-state index in [1.165, 1.54) is 37.8 Å². The molecule has 0 spiro atoms. The minimum atomic E-state index is -0.724. The van der Waals surface area contributed by atoms with Crippen molar-refractivity contribution >= 4 is 0 Å². The Kier molecular flexibility index (Phi) is 4.02. The van der Waals surface area contributed by atoms with Crippen LogP contribution in [0.4, 0.5) is 8.78 Å². The molecule has 2 saturated carbocycles. The van der Waals surface area contributed by atoms with E-state index in [-0.39, 0.29) is 13.2 Å². The Morgan fingerprint density at radius 1 is 1.14 bits per heavy atom. The zero-order valence-electron chi connectivity index (χ0n) is 12.2. The van der Waals surface area contributed by atoms with Gasteiger partial charge in [0.2, 0.25) is 0 Å². The van der Waals surface area contributed by atoms with Crippen LogP contribution < -0.4 is 5.73 Å². The molecule has 3 N–H and O–H groups in total. The standard InChI is InChI=1S/C17H23F2NO/c18-15-5-14(6-16(19)7-15)17(9-20,10-21)8-13-4-11-1-2-12(13)3-11/h5-7,11-13,21H,1-4,8-10,20H2. The molecule has 3 rings (SSSR count). The van der Waals surface area contributed by atoms with Crippen LogP contribution in [0, 0.1) is 29.4 Å². The zero-order valence-corrected chi connectivity index (χ0v) is 12.2. The van der Waals surface area contributed by atoms with Crippen molar-refractivity contribution in [2.75, 3.05) is 13.2 Å². The molecule has 0 heterocycles. The number of aliphatic hydroxyl groups is 1. The maximum absolute atomic E-state index is 13.5. The number of halogens is 2. The molecule has 0 radical (unpaired) electrons. The largest absolute Gasteiger partial charge is 0.395 e. The van der Waals surface area contributed by atoms with Crippen molar-refractivity contribution in [3.8, 4) is 0 Å². The Morgan fingerprint density at radius 2 is 1.86 bits per heavy atom. The predicted octanol–water partition coefficient (Wildman–Crippen LogP) is 2.98. The number of hydrogen-bond acceptors (Lipinski definition) is 2. The van der Waals surface area contributed by atoms with Crippen LogP contribution in [0.2, 0.25) is 0 Å². The lowest BCUT2D eigenvalue weighted by Crippen LogP contribution is -2.41. The summed E-state index contributed by atoms with van der Waals surface area (Å²) in [7, 11) is 0. The molecule has 2 bridgehead atoms. The monoisotopic (exact) mass is 295 g/mol. The molecule has 116 valence electrons. The molecule has 21 heavy (non-hydrogen) atoms. The Hall–Kier alpha value is -1.00. The summed E-state index contributed by atoms with van der Waals surface area (Å²) >= 11 is 0. The number of nitrogens with two attached hydrogens (primary N) is 1. The van der Waals surface area contributed by atoms with Crippen molar-refractivity contribution in [1.82, 2.24) is 0 Å². The van der Waals surface area contributed by atoms with E-state index in [9.17, 15) is 13.9 Å². The van der Waals surface area contributed by atoms with E-state index in [1.54, 1.807) is 0 Å². The molecule has 2 fully saturated rings.